The van der Waals surface area contributed by atoms with Crippen LogP contribution in [0.15, 0.2) is 34.5 Å². The number of likely N-dealkylation sites (N-methyl/N-ethyl adjacent to an activating group) is 1. The van der Waals surface area contributed by atoms with Gasteiger partial charge in [0.25, 0.3) is 0 Å². The predicted molar refractivity (Wildman–Crippen MR) is 107 cm³/mol. The van der Waals surface area contributed by atoms with E-state index in [0.717, 1.165) is 23.6 Å². The molecule has 1 aromatic heterocycles. The van der Waals surface area contributed by atoms with Crippen LogP contribution in [0.5, 0.6) is 0 Å². The lowest BCUT2D eigenvalue weighted by atomic mass is 10.2. The number of nitrogens with zero attached hydrogens (tertiary/aromatic N) is 4. The molecule has 0 atom stereocenters. The van der Waals surface area contributed by atoms with Crippen LogP contribution >= 0.6 is 22.9 Å². The molecular formula is C18H21ClN4O3S. The average molecular weight is 409 g/mol. The fourth-order valence-corrected chi connectivity index (χ4v) is 3.02. The number of hydrogen-bond donors (Lipinski definition) is 0. The molecule has 27 heavy (non-hydrogen) atoms. The van der Waals surface area contributed by atoms with E-state index in [1.807, 2.05) is 45.0 Å². The summed E-state index contributed by atoms with van der Waals surface area (Å²) in [5.74, 6) is -0.318. The van der Waals surface area contributed by atoms with Crippen molar-refractivity contribution in [3.8, 4) is 0 Å². The first-order valence-electron chi connectivity index (χ1n) is 8.49. The van der Waals surface area contributed by atoms with Gasteiger partial charge in [-0.15, -0.1) is 10.2 Å². The van der Waals surface area contributed by atoms with Gasteiger partial charge >= 0.3 is 5.97 Å². The van der Waals surface area contributed by atoms with Gasteiger partial charge in [-0.3, -0.25) is 9.59 Å². The van der Waals surface area contributed by atoms with Crippen LogP contribution in [-0.4, -0.2) is 36.9 Å². The van der Waals surface area contributed by atoms with Gasteiger partial charge in [0.05, 0.1) is 18.2 Å². The molecule has 0 amide bonds. The molecule has 0 aliphatic heterocycles. The highest BCUT2D eigenvalue weighted by Crippen LogP contribution is 2.29. The maximum Gasteiger partial charge on any atom is 0.308 e. The first kappa shape index (κ1) is 21.0. The highest BCUT2D eigenvalue weighted by Gasteiger charge is 2.10. The number of rotatable bonds is 9. The molecule has 2 rings (SSSR count). The van der Waals surface area contributed by atoms with Gasteiger partial charge in [0.1, 0.15) is 11.5 Å². The van der Waals surface area contributed by atoms with Crippen LogP contribution in [0.1, 0.15) is 30.4 Å². The Balaban J connectivity index is 1.96. The molecule has 144 valence electrons. The second-order valence-electron chi connectivity index (χ2n) is 5.89. The van der Waals surface area contributed by atoms with Gasteiger partial charge in [0.15, 0.2) is 11.4 Å². The number of thiazole rings is 1. The number of aromatic nitrogens is 1. The minimum atomic E-state index is -0.193. The number of carbonyl (C=O) groups excluding carboxylic acids is 2. The molecule has 0 saturated heterocycles. The summed E-state index contributed by atoms with van der Waals surface area (Å²) in [6, 6.07) is 7.51. The van der Waals surface area contributed by atoms with E-state index in [1.54, 1.807) is 0 Å². The number of halogens is 1. The van der Waals surface area contributed by atoms with Crippen LogP contribution in [0.3, 0.4) is 0 Å². The Bertz CT molecular complexity index is 805. The summed E-state index contributed by atoms with van der Waals surface area (Å²) in [7, 11) is 0. The van der Waals surface area contributed by atoms with Crippen molar-refractivity contribution < 1.29 is 14.3 Å². The van der Waals surface area contributed by atoms with Crippen LogP contribution in [0.4, 0.5) is 16.5 Å². The molecule has 0 bridgehead atoms. The molecule has 0 aliphatic rings. The first-order chi connectivity index (χ1) is 12.9. The summed E-state index contributed by atoms with van der Waals surface area (Å²) in [5.41, 5.74) is 1.65. The van der Waals surface area contributed by atoms with Crippen LogP contribution in [0.25, 0.3) is 0 Å². The van der Waals surface area contributed by atoms with E-state index in [1.165, 1.54) is 0 Å². The normalized spacial score (nSPS) is 11.1. The van der Waals surface area contributed by atoms with Gasteiger partial charge in [0, 0.05) is 12.2 Å². The molecule has 0 fully saturated rings. The number of esters is 1. The largest absolute Gasteiger partial charge is 0.464 e. The van der Waals surface area contributed by atoms with E-state index in [9.17, 15) is 9.59 Å². The molecule has 0 N–H and O–H groups in total. The predicted octanol–water partition coefficient (Wildman–Crippen LogP) is 5.05. The Kier molecular flexibility index (Phi) is 7.87. The molecule has 9 heteroatoms. The van der Waals surface area contributed by atoms with E-state index in [-0.39, 0.29) is 17.0 Å². The Labute approximate surface area is 167 Å². The standard InChI is InChI=1S/C18H21ClN4O3S/c1-4-23(9-10-26-17(25)12(2)3)14-7-5-13(6-8-14)21-22-18-20-16(19)15(11-24)27-18/h5-8,11-12H,4,9-10H2,1-3H3. The molecule has 2 aromatic rings. The number of aldehydes is 1. The lowest BCUT2D eigenvalue weighted by Crippen LogP contribution is -2.28. The topological polar surface area (TPSA) is 84.2 Å². The first-order valence-corrected chi connectivity index (χ1v) is 9.69. The van der Waals surface area contributed by atoms with Crippen molar-refractivity contribution in [2.75, 3.05) is 24.6 Å². The summed E-state index contributed by atoms with van der Waals surface area (Å²) in [6.45, 7) is 7.40. The van der Waals surface area contributed by atoms with Crippen molar-refractivity contribution in [2.24, 2.45) is 16.1 Å². The zero-order chi connectivity index (χ0) is 19.8. The highest BCUT2D eigenvalue weighted by molar-refractivity contribution is 7.17. The van der Waals surface area contributed by atoms with Gasteiger partial charge in [-0.1, -0.05) is 36.8 Å². The van der Waals surface area contributed by atoms with E-state index >= 15 is 0 Å². The highest BCUT2D eigenvalue weighted by atomic mass is 35.5. The quantitative estimate of drug-likeness (QED) is 0.329. The number of ether oxygens (including phenoxy) is 1. The van der Waals surface area contributed by atoms with Gasteiger partial charge in [-0.2, -0.15) is 0 Å². The fourth-order valence-electron chi connectivity index (χ4n) is 2.14. The maximum atomic E-state index is 11.5. The minimum absolute atomic E-state index is 0.125. The number of carbonyl (C=O) groups is 2. The van der Waals surface area contributed by atoms with Crippen molar-refractivity contribution in [3.05, 3.63) is 34.3 Å². The van der Waals surface area contributed by atoms with E-state index in [2.05, 4.69) is 20.1 Å². The zero-order valence-corrected chi connectivity index (χ0v) is 17.0. The van der Waals surface area contributed by atoms with Crippen LogP contribution < -0.4 is 4.90 Å². The second kappa shape index (κ2) is 10.1. The Morgan fingerprint density at radius 3 is 2.59 bits per heavy atom. The Morgan fingerprint density at radius 2 is 2.04 bits per heavy atom. The van der Waals surface area contributed by atoms with Gasteiger partial charge in [-0.05, 0) is 31.2 Å². The lowest BCUT2D eigenvalue weighted by molar-refractivity contribution is -0.146. The average Bonchev–Trinajstić information content (AvgIpc) is 3.03. The minimum Gasteiger partial charge on any atom is -0.464 e. The van der Waals surface area contributed by atoms with Crippen molar-refractivity contribution >= 4 is 51.7 Å². The maximum absolute atomic E-state index is 11.5. The van der Waals surface area contributed by atoms with Crippen molar-refractivity contribution in [2.45, 2.75) is 20.8 Å². The molecule has 0 aliphatic carbocycles. The fraction of sp³-hybridized carbons (Fsp3) is 0.389. The van der Waals surface area contributed by atoms with Crippen LogP contribution in [0.2, 0.25) is 5.15 Å². The summed E-state index contributed by atoms with van der Waals surface area (Å²) in [4.78, 5) is 28.7. The van der Waals surface area contributed by atoms with Gasteiger partial charge in [-0.25, -0.2) is 4.98 Å². The summed E-state index contributed by atoms with van der Waals surface area (Å²) < 4.78 is 5.23. The Morgan fingerprint density at radius 1 is 1.33 bits per heavy atom. The third-order valence-electron chi connectivity index (χ3n) is 3.63. The molecule has 1 heterocycles. The van der Waals surface area contributed by atoms with Crippen molar-refractivity contribution in [1.29, 1.82) is 0 Å². The zero-order valence-electron chi connectivity index (χ0n) is 15.4. The molecule has 0 spiro atoms. The third-order valence-corrected chi connectivity index (χ3v) is 4.90. The number of benzene rings is 1. The molecular weight excluding hydrogens is 388 g/mol. The molecule has 0 saturated carbocycles. The van der Waals surface area contributed by atoms with Crippen molar-refractivity contribution in [1.82, 2.24) is 4.98 Å². The third kappa shape index (κ3) is 6.11. The number of hydrogen-bond acceptors (Lipinski definition) is 8. The molecule has 0 radical (unpaired) electrons. The van der Waals surface area contributed by atoms with E-state index in [4.69, 9.17) is 16.3 Å². The number of azo groups is 1. The molecule has 7 nitrogen and oxygen atoms in total. The van der Waals surface area contributed by atoms with Gasteiger partial charge < -0.3 is 9.64 Å². The summed E-state index contributed by atoms with van der Waals surface area (Å²) in [6.07, 6.45) is 0.644. The van der Waals surface area contributed by atoms with Crippen molar-refractivity contribution in [3.63, 3.8) is 0 Å². The lowest BCUT2D eigenvalue weighted by Gasteiger charge is -2.23. The molecule has 1 aromatic carbocycles. The van der Waals surface area contributed by atoms with Crippen LogP contribution in [0, 0.1) is 5.92 Å². The van der Waals surface area contributed by atoms with E-state index in [0.29, 0.717) is 35.1 Å². The summed E-state index contributed by atoms with van der Waals surface area (Å²) in [5, 5.41) is 8.57. The smallest absolute Gasteiger partial charge is 0.308 e. The molecule has 0 unspecified atom stereocenters. The summed E-state index contributed by atoms with van der Waals surface area (Å²) >= 11 is 6.89. The second-order valence-corrected chi connectivity index (χ2v) is 7.25. The monoisotopic (exact) mass is 408 g/mol. The van der Waals surface area contributed by atoms with E-state index < -0.39 is 0 Å². The van der Waals surface area contributed by atoms with Gasteiger partial charge in [0.2, 0.25) is 5.13 Å². The Hall–Kier alpha value is -2.32. The number of anilines is 1. The SMILES string of the molecule is CCN(CCOC(=O)C(C)C)c1ccc(N=Nc2nc(Cl)c(C=O)s2)cc1. The van der Waals surface area contributed by atoms with Crippen LogP contribution in [-0.2, 0) is 9.53 Å².